The van der Waals surface area contributed by atoms with Crippen LogP contribution < -0.4 is 4.90 Å². The van der Waals surface area contributed by atoms with Crippen LogP contribution in [0.1, 0.15) is 49.3 Å². The van der Waals surface area contributed by atoms with Crippen LogP contribution >= 0.6 is 0 Å². The minimum absolute atomic E-state index is 0.00754. The number of ether oxygens (including phenoxy) is 1. The number of rotatable bonds is 3. The zero-order valence-corrected chi connectivity index (χ0v) is 17.4. The van der Waals surface area contributed by atoms with Gasteiger partial charge in [0, 0.05) is 12.1 Å². The molecule has 1 aromatic heterocycles. The summed E-state index contributed by atoms with van der Waals surface area (Å²) in [5, 5.41) is 0. The predicted octanol–water partition coefficient (Wildman–Crippen LogP) is 4.71. The molecule has 0 spiro atoms. The highest BCUT2D eigenvalue weighted by Gasteiger charge is 2.47. The number of hydrogen-bond donors (Lipinski definition) is 0. The number of anilines is 1. The SMILES string of the molecule is CCOC(=O)c1c2c(c3n1CCc1ccccc1-3)C(=O)N(c1ccc(C(F)(F)F)cc1)C2=O. The molecule has 2 aromatic carbocycles. The average Bonchev–Trinajstić information content (AvgIpc) is 3.26. The first-order valence-electron chi connectivity index (χ1n) is 10.3. The summed E-state index contributed by atoms with van der Waals surface area (Å²) in [5.74, 6) is -2.18. The topological polar surface area (TPSA) is 68.6 Å². The lowest BCUT2D eigenvalue weighted by molar-refractivity contribution is -0.137. The fourth-order valence-corrected chi connectivity index (χ4v) is 4.50. The fraction of sp³-hybridized carbons (Fsp3) is 0.208. The van der Waals surface area contributed by atoms with E-state index in [0.717, 1.165) is 40.3 Å². The highest BCUT2D eigenvalue weighted by molar-refractivity contribution is 6.38. The lowest BCUT2D eigenvalue weighted by Crippen LogP contribution is -2.32. The van der Waals surface area contributed by atoms with Crippen LogP contribution in [0.3, 0.4) is 0 Å². The van der Waals surface area contributed by atoms with Crippen LogP contribution in [-0.2, 0) is 23.9 Å². The van der Waals surface area contributed by atoms with E-state index in [2.05, 4.69) is 0 Å². The first-order valence-corrected chi connectivity index (χ1v) is 10.3. The number of halogens is 3. The van der Waals surface area contributed by atoms with Crippen molar-refractivity contribution >= 4 is 23.5 Å². The molecule has 168 valence electrons. The van der Waals surface area contributed by atoms with Crippen LogP contribution in [0.5, 0.6) is 0 Å². The number of esters is 1. The molecule has 6 nitrogen and oxygen atoms in total. The van der Waals surface area contributed by atoms with Crippen molar-refractivity contribution in [3.63, 3.8) is 0 Å². The molecule has 3 heterocycles. The molecule has 5 rings (SSSR count). The molecule has 33 heavy (non-hydrogen) atoms. The maximum absolute atomic E-state index is 13.5. The Labute approximate surface area is 186 Å². The van der Waals surface area contributed by atoms with Crippen molar-refractivity contribution in [3.05, 3.63) is 76.5 Å². The van der Waals surface area contributed by atoms with E-state index in [1.807, 2.05) is 18.2 Å². The molecule has 0 fully saturated rings. The Bertz CT molecular complexity index is 1320. The highest BCUT2D eigenvalue weighted by atomic mass is 19.4. The number of imide groups is 1. The van der Waals surface area contributed by atoms with Gasteiger partial charge in [0.1, 0.15) is 5.69 Å². The van der Waals surface area contributed by atoms with Crippen LogP contribution in [0.4, 0.5) is 18.9 Å². The number of aryl methyl sites for hydroxylation is 1. The van der Waals surface area contributed by atoms with E-state index in [-0.39, 0.29) is 29.1 Å². The van der Waals surface area contributed by atoms with Gasteiger partial charge in [-0.2, -0.15) is 13.2 Å². The monoisotopic (exact) mass is 454 g/mol. The van der Waals surface area contributed by atoms with E-state index in [1.165, 1.54) is 0 Å². The summed E-state index contributed by atoms with van der Waals surface area (Å²) in [6.07, 6.45) is -3.95. The van der Waals surface area contributed by atoms with Gasteiger partial charge in [-0.1, -0.05) is 24.3 Å². The summed E-state index contributed by atoms with van der Waals surface area (Å²) in [7, 11) is 0. The standard InChI is InChI=1S/C24H17F3N2O4/c1-2-33-23(32)20-18-17(19-16-6-4-3-5-13(16)11-12-28(19)20)21(30)29(22(18)31)15-9-7-14(8-10-15)24(25,26)27/h3-10H,2,11-12H2,1H3. The van der Waals surface area contributed by atoms with E-state index in [4.69, 9.17) is 4.74 Å². The Hall–Kier alpha value is -3.88. The molecule has 0 saturated heterocycles. The van der Waals surface area contributed by atoms with Gasteiger partial charge < -0.3 is 9.30 Å². The van der Waals surface area contributed by atoms with E-state index in [0.29, 0.717) is 18.7 Å². The Kier molecular flexibility index (Phi) is 4.66. The molecule has 2 aliphatic rings. The Balaban J connectivity index is 1.69. The Morgan fingerprint density at radius 1 is 1.00 bits per heavy atom. The Morgan fingerprint density at radius 2 is 1.67 bits per heavy atom. The van der Waals surface area contributed by atoms with Gasteiger partial charge in [-0.25, -0.2) is 9.69 Å². The zero-order chi connectivity index (χ0) is 23.5. The maximum Gasteiger partial charge on any atom is 0.416 e. The van der Waals surface area contributed by atoms with Crippen molar-refractivity contribution in [2.24, 2.45) is 0 Å². The number of hydrogen-bond acceptors (Lipinski definition) is 4. The lowest BCUT2D eigenvalue weighted by Gasteiger charge is -2.23. The summed E-state index contributed by atoms with van der Waals surface area (Å²) in [6, 6.07) is 11.2. The number of alkyl halides is 3. The second-order valence-electron chi connectivity index (χ2n) is 7.72. The van der Waals surface area contributed by atoms with Gasteiger partial charge >= 0.3 is 12.1 Å². The van der Waals surface area contributed by atoms with Crippen LogP contribution in [0.15, 0.2) is 48.5 Å². The minimum atomic E-state index is -4.55. The number of carbonyl (C=O) groups excluding carboxylic acids is 3. The number of nitrogens with zero attached hydrogens (tertiary/aromatic N) is 2. The molecule has 9 heteroatoms. The third kappa shape index (κ3) is 3.06. The fourth-order valence-electron chi connectivity index (χ4n) is 4.50. The third-order valence-electron chi connectivity index (χ3n) is 5.90. The van der Waals surface area contributed by atoms with Crippen molar-refractivity contribution < 1.29 is 32.3 Å². The summed E-state index contributed by atoms with van der Waals surface area (Å²) in [4.78, 5) is 40.6. The molecule has 0 N–H and O–H groups in total. The number of amides is 2. The molecule has 0 aliphatic carbocycles. The highest BCUT2D eigenvalue weighted by Crippen LogP contribution is 2.43. The van der Waals surface area contributed by atoms with Crippen molar-refractivity contribution in [2.45, 2.75) is 26.1 Å². The third-order valence-corrected chi connectivity index (χ3v) is 5.90. The quantitative estimate of drug-likeness (QED) is 0.425. The Morgan fingerprint density at radius 3 is 2.33 bits per heavy atom. The van der Waals surface area contributed by atoms with E-state index >= 15 is 0 Å². The summed E-state index contributed by atoms with van der Waals surface area (Å²) >= 11 is 0. The van der Waals surface area contributed by atoms with Crippen LogP contribution in [0.25, 0.3) is 11.3 Å². The zero-order valence-electron chi connectivity index (χ0n) is 17.4. The summed E-state index contributed by atoms with van der Waals surface area (Å²) in [6.45, 7) is 2.10. The van der Waals surface area contributed by atoms with E-state index < -0.39 is 29.5 Å². The predicted molar refractivity (Wildman–Crippen MR) is 112 cm³/mol. The summed E-state index contributed by atoms with van der Waals surface area (Å²) in [5.41, 5.74) is 1.21. The van der Waals surface area contributed by atoms with Gasteiger partial charge in [-0.3, -0.25) is 9.59 Å². The van der Waals surface area contributed by atoms with Gasteiger partial charge in [0.2, 0.25) is 0 Å². The van der Waals surface area contributed by atoms with Crippen LogP contribution in [0, 0.1) is 0 Å². The number of carbonyl (C=O) groups is 3. The second-order valence-corrected chi connectivity index (χ2v) is 7.72. The van der Waals surface area contributed by atoms with Crippen molar-refractivity contribution in [2.75, 3.05) is 11.5 Å². The molecule has 0 atom stereocenters. The van der Waals surface area contributed by atoms with Crippen molar-refractivity contribution in [1.82, 2.24) is 4.57 Å². The normalized spacial score (nSPS) is 14.7. The van der Waals surface area contributed by atoms with E-state index in [1.54, 1.807) is 17.6 Å². The number of fused-ring (bicyclic) bond motifs is 5. The minimum Gasteiger partial charge on any atom is -0.461 e. The van der Waals surface area contributed by atoms with Gasteiger partial charge in [0.25, 0.3) is 11.8 Å². The number of benzene rings is 2. The van der Waals surface area contributed by atoms with Crippen molar-refractivity contribution in [3.8, 4) is 11.3 Å². The van der Waals surface area contributed by atoms with Gasteiger partial charge in [0.15, 0.2) is 0 Å². The molecule has 2 aliphatic heterocycles. The molecular formula is C24H17F3N2O4. The lowest BCUT2D eigenvalue weighted by atomic mass is 9.96. The molecule has 0 radical (unpaired) electrons. The largest absolute Gasteiger partial charge is 0.461 e. The van der Waals surface area contributed by atoms with E-state index in [9.17, 15) is 27.6 Å². The molecule has 0 unspecified atom stereocenters. The smallest absolute Gasteiger partial charge is 0.416 e. The van der Waals surface area contributed by atoms with Crippen LogP contribution in [0.2, 0.25) is 0 Å². The van der Waals surface area contributed by atoms with Gasteiger partial charge in [-0.05, 0) is 43.2 Å². The number of aromatic nitrogens is 1. The molecule has 3 aromatic rings. The maximum atomic E-state index is 13.5. The molecule has 2 amide bonds. The first-order chi connectivity index (χ1) is 15.7. The van der Waals surface area contributed by atoms with Crippen LogP contribution in [-0.4, -0.2) is 29.0 Å². The first kappa shape index (κ1) is 21.0. The molecular weight excluding hydrogens is 437 g/mol. The van der Waals surface area contributed by atoms with Gasteiger partial charge in [0.05, 0.1) is 34.7 Å². The second kappa shape index (κ2) is 7.33. The van der Waals surface area contributed by atoms with Gasteiger partial charge in [-0.15, -0.1) is 0 Å². The molecule has 0 bridgehead atoms. The van der Waals surface area contributed by atoms with Crippen molar-refractivity contribution in [1.29, 1.82) is 0 Å². The summed E-state index contributed by atoms with van der Waals surface area (Å²) < 4.78 is 45.7. The molecule has 0 saturated carbocycles. The average molecular weight is 454 g/mol.